The minimum atomic E-state index is -4.72. The highest BCUT2D eigenvalue weighted by molar-refractivity contribution is 5.35. The van der Waals surface area contributed by atoms with Gasteiger partial charge in [-0.1, -0.05) is 18.2 Å². The number of halogens is 3. The number of pyridine rings is 1. The van der Waals surface area contributed by atoms with Crippen LogP contribution in [0.5, 0.6) is 5.75 Å². The summed E-state index contributed by atoms with van der Waals surface area (Å²) < 4.78 is 41.0. The monoisotopic (exact) mass is 352 g/mol. The van der Waals surface area contributed by atoms with Gasteiger partial charge in [0.05, 0.1) is 5.69 Å². The molecule has 0 aliphatic carbocycles. The molecule has 2 heterocycles. The first kappa shape index (κ1) is 17.7. The van der Waals surface area contributed by atoms with Gasteiger partial charge in [-0.05, 0) is 55.8 Å². The minimum absolute atomic E-state index is 0.271. The zero-order chi connectivity index (χ0) is 17.9. The first-order valence-electron chi connectivity index (χ1n) is 8.07. The fourth-order valence-electron chi connectivity index (χ4n) is 3.40. The van der Waals surface area contributed by atoms with Gasteiger partial charge in [-0.25, -0.2) is 0 Å². The van der Waals surface area contributed by atoms with Crippen molar-refractivity contribution in [2.75, 3.05) is 13.1 Å². The predicted molar refractivity (Wildman–Crippen MR) is 86.1 cm³/mol. The van der Waals surface area contributed by atoms with Gasteiger partial charge in [-0.2, -0.15) is 0 Å². The molecular formula is C18H19F3N2O2. The Morgan fingerprint density at radius 1 is 1.08 bits per heavy atom. The number of ether oxygens (including phenoxy) is 1. The van der Waals surface area contributed by atoms with Crippen molar-refractivity contribution in [1.82, 2.24) is 10.3 Å². The molecule has 1 aliphatic heterocycles. The Balaban J connectivity index is 1.93. The lowest BCUT2D eigenvalue weighted by Gasteiger charge is -2.41. The molecule has 0 radical (unpaired) electrons. The second-order valence-electron chi connectivity index (χ2n) is 6.14. The second kappa shape index (κ2) is 7.01. The van der Waals surface area contributed by atoms with E-state index in [1.807, 2.05) is 0 Å². The number of piperidine rings is 1. The lowest BCUT2D eigenvalue weighted by Crippen LogP contribution is -2.44. The summed E-state index contributed by atoms with van der Waals surface area (Å²) in [5.41, 5.74) is 0.734. The van der Waals surface area contributed by atoms with E-state index in [0.29, 0.717) is 31.6 Å². The van der Waals surface area contributed by atoms with Gasteiger partial charge >= 0.3 is 6.36 Å². The second-order valence-corrected chi connectivity index (χ2v) is 6.14. The number of aliphatic hydroxyl groups is 1. The van der Waals surface area contributed by atoms with Crippen LogP contribution < -0.4 is 10.1 Å². The summed E-state index contributed by atoms with van der Waals surface area (Å²) in [7, 11) is 0. The topological polar surface area (TPSA) is 54.4 Å². The van der Waals surface area contributed by atoms with Crippen molar-refractivity contribution in [1.29, 1.82) is 0 Å². The quantitative estimate of drug-likeness (QED) is 0.886. The molecule has 1 aromatic carbocycles. The summed E-state index contributed by atoms with van der Waals surface area (Å²) in [5.74, 6) is -0.271. The van der Waals surface area contributed by atoms with Crippen molar-refractivity contribution in [3.63, 3.8) is 0 Å². The molecule has 1 atom stereocenters. The predicted octanol–water partition coefficient (Wildman–Crippen LogP) is 3.34. The van der Waals surface area contributed by atoms with E-state index in [1.165, 1.54) is 12.1 Å². The Hall–Kier alpha value is -2.12. The molecule has 25 heavy (non-hydrogen) atoms. The van der Waals surface area contributed by atoms with E-state index >= 15 is 0 Å². The maximum absolute atomic E-state index is 12.3. The average Bonchev–Trinajstić information content (AvgIpc) is 2.62. The average molecular weight is 352 g/mol. The van der Waals surface area contributed by atoms with Crippen molar-refractivity contribution in [2.24, 2.45) is 0 Å². The summed E-state index contributed by atoms with van der Waals surface area (Å²) in [6, 6.07) is 11.1. The standard InChI is InChI=1S/C18H19F3N2O2/c19-18(20,21)25-14-6-4-13(5-7-14)17(8-11-22-12-9-17)16(24)15-3-1-2-10-23-15/h1-7,10,16,22,24H,8-9,11-12H2. The number of aromatic nitrogens is 1. The van der Waals surface area contributed by atoms with Crippen LogP contribution in [0.25, 0.3) is 0 Å². The van der Waals surface area contributed by atoms with Crippen LogP contribution in [-0.4, -0.2) is 29.5 Å². The Bertz CT molecular complexity index is 684. The van der Waals surface area contributed by atoms with E-state index in [-0.39, 0.29) is 5.75 Å². The van der Waals surface area contributed by atoms with Crippen molar-refractivity contribution in [3.05, 3.63) is 59.9 Å². The van der Waals surface area contributed by atoms with Crippen LogP contribution in [0.4, 0.5) is 13.2 Å². The Morgan fingerprint density at radius 2 is 1.76 bits per heavy atom. The van der Waals surface area contributed by atoms with Crippen LogP contribution >= 0.6 is 0 Å². The fourth-order valence-corrected chi connectivity index (χ4v) is 3.40. The number of rotatable bonds is 4. The third-order valence-corrected chi connectivity index (χ3v) is 4.65. The SMILES string of the molecule is OC(c1ccccn1)C1(c2ccc(OC(F)(F)F)cc2)CCNCC1. The molecular weight excluding hydrogens is 333 g/mol. The van der Waals surface area contributed by atoms with E-state index in [9.17, 15) is 18.3 Å². The van der Waals surface area contributed by atoms with Crippen molar-refractivity contribution in [3.8, 4) is 5.75 Å². The van der Waals surface area contributed by atoms with Crippen LogP contribution in [0.2, 0.25) is 0 Å². The van der Waals surface area contributed by atoms with Crippen molar-refractivity contribution >= 4 is 0 Å². The van der Waals surface area contributed by atoms with Crippen LogP contribution in [0.1, 0.15) is 30.2 Å². The normalized spacial score (nSPS) is 18.6. The lowest BCUT2D eigenvalue weighted by atomic mass is 9.68. The first-order chi connectivity index (χ1) is 11.9. The summed E-state index contributed by atoms with van der Waals surface area (Å²) in [5, 5.41) is 14.3. The highest BCUT2D eigenvalue weighted by Crippen LogP contribution is 2.44. The van der Waals surface area contributed by atoms with E-state index in [1.54, 1.807) is 36.5 Å². The smallest absolute Gasteiger partial charge is 0.406 e. The molecule has 7 heteroatoms. The molecule has 1 aromatic heterocycles. The Labute approximate surface area is 143 Å². The maximum atomic E-state index is 12.3. The molecule has 1 saturated heterocycles. The number of alkyl halides is 3. The van der Waals surface area contributed by atoms with Gasteiger partial charge in [0.2, 0.25) is 0 Å². The number of benzene rings is 1. The number of nitrogens with zero attached hydrogens (tertiary/aromatic N) is 1. The van der Waals surface area contributed by atoms with Gasteiger partial charge in [-0.3, -0.25) is 4.98 Å². The third kappa shape index (κ3) is 3.93. The molecule has 2 N–H and O–H groups in total. The maximum Gasteiger partial charge on any atom is 0.573 e. The lowest BCUT2D eigenvalue weighted by molar-refractivity contribution is -0.274. The van der Waals surface area contributed by atoms with Gasteiger partial charge in [0, 0.05) is 11.6 Å². The molecule has 0 saturated carbocycles. The highest BCUT2D eigenvalue weighted by atomic mass is 19.4. The number of hydrogen-bond donors (Lipinski definition) is 2. The van der Waals surface area contributed by atoms with E-state index < -0.39 is 17.9 Å². The van der Waals surface area contributed by atoms with Crippen LogP contribution in [0, 0.1) is 0 Å². The van der Waals surface area contributed by atoms with Crippen molar-refractivity contribution < 1.29 is 23.0 Å². The van der Waals surface area contributed by atoms with Gasteiger partial charge in [-0.15, -0.1) is 13.2 Å². The van der Waals surface area contributed by atoms with Gasteiger partial charge in [0.25, 0.3) is 0 Å². The van der Waals surface area contributed by atoms with Gasteiger partial charge in [0.1, 0.15) is 11.9 Å². The summed E-state index contributed by atoms with van der Waals surface area (Å²) in [6.45, 7) is 1.43. The largest absolute Gasteiger partial charge is 0.573 e. The minimum Gasteiger partial charge on any atom is -0.406 e. The number of aliphatic hydroxyl groups excluding tert-OH is 1. The number of hydrogen-bond acceptors (Lipinski definition) is 4. The van der Waals surface area contributed by atoms with Gasteiger partial charge in [0.15, 0.2) is 0 Å². The number of nitrogens with one attached hydrogen (secondary N) is 1. The van der Waals surface area contributed by atoms with Gasteiger partial charge < -0.3 is 15.2 Å². The molecule has 3 rings (SSSR count). The Morgan fingerprint density at radius 3 is 2.32 bits per heavy atom. The molecule has 0 bridgehead atoms. The molecule has 1 aliphatic rings. The van der Waals surface area contributed by atoms with Crippen molar-refractivity contribution in [2.45, 2.75) is 30.7 Å². The van der Waals surface area contributed by atoms with Crippen LogP contribution in [-0.2, 0) is 5.41 Å². The highest BCUT2D eigenvalue weighted by Gasteiger charge is 2.42. The molecule has 0 spiro atoms. The zero-order valence-electron chi connectivity index (χ0n) is 13.5. The van der Waals surface area contributed by atoms with Crippen LogP contribution in [0.15, 0.2) is 48.7 Å². The third-order valence-electron chi connectivity index (χ3n) is 4.65. The fraction of sp³-hybridized carbons (Fsp3) is 0.389. The summed E-state index contributed by atoms with van der Waals surface area (Å²) >= 11 is 0. The first-order valence-corrected chi connectivity index (χ1v) is 8.07. The Kier molecular flexibility index (Phi) is 4.96. The molecule has 2 aromatic rings. The molecule has 0 amide bonds. The van der Waals surface area contributed by atoms with E-state index in [4.69, 9.17) is 0 Å². The van der Waals surface area contributed by atoms with E-state index in [0.717, 1.165) is 5.56 Å². The van der Waals surface area contributed by atoms with E-state index in [2.05, 4.69) is 15.0 Å². The summed E-state index contributed by atoms with van der Waals surface area (Å²) in [4.78, 5) is 4.25. The zero-order valence-corrected chi connectivity index (χ0v) is 13.5. The summed E-state index contributed by atoms with van der Waals surface area (Å²) in [6.07, 6.45) is -2.63. The molecule has 1 fully saturated rings. The molecule has 1 unspecified atom stereocenters. The molecule has 134 valence electrons. The van der Waals surface area contributed by atoms with Crippen LogP contribution in [0.3, 0.4) is 0 Å². The molecule has 4 nitrogen and oxygen atoms in total.